The third-order valence-corrected chi connectivity index (χ3v) is 19.2. The molecule has 0 bridgehead atoms. The van der Waals surface area contributed by atoms with E-state index < -0.39 is 97.5 Å². The highest BCUT2D eigenvalue weighted by Crippen LogP contribution is 2.45. The van der Waals surface area contributed by atoms with Crippen molar-refractivity contribution >= 4 is 39.5 Å². The molecule has 554 valence electrons. The van der Waals surface area contributed by atoms with Gasteiger partial charge in [0, 0.05) is 25.7 Å². The molecule has 3 unspecified atom stereocenters. The Hall–Kier alpha value is -2.46. The van der Waals surface area contributed by atoms with Crippen LogP contribution in [0.1, 0.15) is 369 Å². The number of aliphatic hydroxyl groups is 1. The highest BCUT2D eigenvalue weighted by molar-refractivity contribution is 7.47. The van der Waals surface area contributed by atoms with E-state index in [1.165, 1.54) is 173 Å². The predicted molar refractivity (Wildman–Crippen MR) is 381 cm³/mol. The van der Waals surface area contributed by atoms with Crippen molar-refractivity contribution in [2.45, 2.75) is 387 Å². The topological polar surface area (TPSA) is 237 Å². The lowest BCUT2D eigenvalue weighted by Crippen LogP contribution is -2.30. The first-order chi connectivity index (χ1) is 45.6. The second kappa shape index (κ2) is 67.7. The fraction of sp³-hybridized carbons (Fsp3) is 0.893. The molecule has 0 radical (unpaired) electrons. The molecule has 0 saturated carbocycles. The molecule has 0 saturated heterocycles. The molecule has 0 fully saturated rings. The Morgan fingerprint density at radius 2 is 0.596 bits per heavy atom. The summed E-state index contributed by atoms with van der Waals surface area (Å²) in [6, 6.07) is 0. The van der Waals surface area contributed by atoms with Crippen molar-refractivity contribution in [1.29, 1.82) is 0 Å². The zero-order valence-corrected chi connectivity index (χ0v) is 62.4. The van der Waals surface area contributed by atoms with Crippen molar-refractivity contribution in [3.8, 4) is 0 Å². The summed E-state index contributed by atoms with van der Waals surface area (Å²) in [6.45, 7) is 7.18. The van der Waals surface area contributed by atoms with E-state index in [4.69, 9.17) is 37.0 Å². The number of hydrogen-bond donors (Lipinski definition) is 3. The molecule has 0 heterocycles. The van der Waals surface area contributed by atoms with Gasteiger partial charge < -0.3 is 33.8 Å². The van der Waals surface area contributed by atoms with Gasteiger partial charge in [0.2, 0.25) is 0 Å². The van der Waals surface area contributed by atoms with Gasteiger partial charge in [-0.2, -0.15) is 0 Å². The molecule has 17 nitrogen and oxygen atoms in total. The van der Waals surface area contributed by atoms with Crippen LogP contribution in [0.15, 0.2) is 24.3 Å². The number of hydrogen-bond acceptors (Lipinski definition) is 15. The maximum atomic E-state index is 13.1. The average Bonchev–Trinajstić information content (AvgIpc) is 3.38. The molecule has 0 aromatic carbocycles. The Morgan fingerprint density at radius 1 is 0.340 bits per heavy atom. The monoisotopic (exact) mass is 1380 g/mol. The van der Waals surface area contributed by atoms with Crippen molar-refractivity contribution in [2.75, 3.05) is 39.6 Å². The van der Waals surface area contributed by atoms with Crippen LogP contribution in [-0.2, 0) is 65.4 Å². The van der Waals surface area contributed by atoms with Crippen LogP contribution in [0.3, 0.4) is 0 Å². The Morgan fingerprint density at radius 3 is 0.904 bits per heavy atom. The van der Waals surface area contributed by atoms with Crippen molar-refractivity contribution in [2.24, 2.45) is 5.92 Å². The number of ether oxygens (including phenoxy) is 4. The van der Waals surface area contributed by atoms with Gasteiger partial charge >= 0.3 is 39.5 Å². The summed E-state index contributed by atoms with van der Waals surface area (Å²) in [6.07, 6.45) is 59.4. The van der Waals surface area contributed by atoms with Gasteiger partial charge in [0.25, 0.3) is 0 Å². The molecule has 19 heteroatoms. The van der Waals surface area contributed by atoms with Gasteiger partial charge in [0.15, 0.2) is 12.2 Å². The third kappa shape index (κ3) is 66.8. The van der Waals surface area contributed by atoms with Gasteiger partial charge in [0.1, 0.15) is 19.3 Å². The molecule has 6 atom stereocenters. The molecular formula is C75H142O17P2. The van der Waals surface area contributed by atoms with Gasteiger partial charge in [-0.25, -0.2) is 9.13 Å². The van der Waals surface area contributed by atoms with Crippen molar-refractivity contribution in [3.63, 3.8) is 0 Å². The first-order valence-electron chi connectivity index (χ1n) is 38.5. The number of phosphoric ester groups is 2. The normalized spacial score (nSPS) is 14.4. The van der Waals surface area contributed by atoms with Crippen LogP contribution >= 0.6 is 15.6 Å². The number of phosphoric acid groups is 2. The molecule has 0 spiro atoms. The molecule has 0 aromatic heterocycles. The lowest BCUT2D eigenvalue weighted by Gasteiger charge is -2.21. The quantitative estimate of drug-likeness (QED) is 0.0169. The second-order valence-corrected chi connectivity index (χ2v) is 29.5. The summed E-state index contributed by atoms with van der Waals surface area (Å²) in [4.78, 5) is 72.5. The zero-order chi connectivity index (χ0) is 69.1. The smallest absolute Gasteiger partial charge is 0.462 e. The number of rotatable bonds is 73. The Kier molecular flexibility index (Phi) is 65.9. The van der Waals surface area contributed by atoms with Gasteiger partial charge in [0.05, 0.1) is 26.4 Å². The first kappa shape index (κ1) is 91.5. The lowest BCUT2D eigenvalue weighted by atomic mass is 9.99. The van der Waals surface area contributed by atoms with E-state index in [2.05, 4.69) is 58.9 Å². The minimum absolute atomic E-state index is 0.0843. The number of unbranched alkanes of at least 4 members (excludes halogenated alkanes) is 41. The molecule has 0 aromatic rings. The zero-order valence-electron chi connectivity index (χ0n) is 60.6. The fourth-order valence-electron chi connectivity index (χ4n) is 11.0. The SMILES string of the molecule is CCCCCC/C=C\C=C/CCCCCCCC(=O)O[C@H](COC(=O)CCCCCCC)COP(=O)(O)OC[C@H](O)COP(=O)(O)OC[C@@H](COC(=O)CCCCCCCCCCCCCCCCCC)OC(=O)CCCCCCCCCCCCCCCCC(C)CC. The minimum atomic E-state index is -4.96. The Bertz CT molecular complexity index is 1900. The third-order valence-electron chi connectivity index (χ3n) is 17.3. The maximum Gasteiger partial charge on any atom is 0.472 e. The average molecular weight is 1380 g/mol. The minimum Gasteiger partial charge on any atom is -0.462 e. The summed E-state index contributed by atoms with van der Waals surface area (Å²) < 4.78 is 68.2. The molecule has 0 amide bonds. The van der Waals surface area contributed by atoms with Crippen LogP contribution in [0.4, 0.5) is 0 Å². The van der Waals surface area contributed by atoms with Crippen LogP contribution in [0.25, 0.3) is 0 Å². The fourth-order valence-corrected chi connectivity index (χ4v) is 12.5. The molecule has 94 heavy (non-hydrogen) atoms. The molecule has 0 rings (SSSR count). The van der Waals surface area contributed by atoms with E-state index >= 15 is 0 Å². The lowest BCUT2D eigenvalue weighted by molar-refractivity contribution is -0.161. The molecule has 0 aliphatic carbocycles. The second-order valence-electron chi connectivity index (χ2n) is 26.6. The van der Waals surface area contributed by atoms with E-state index in [0.717, 1.165) is 115 Å². The number of esters is 4. The number of carbonyl (C=O) groups excluding carboxylic acids is 4. The number of carbonyl (C=O) groups is 4. The van der Waals surface area contributed by atoms with Crippen molar-refractivity contribution in [1.82, 2.24) is 0 Å². The highest BCUT2D eigenvalue weighted by Gasteiger charge is 2.30. The van der Waals surface area contributed by atoms with Crippen molar-refractivity contribution < 1.29 is 80.2 Å². The van der Waals surface area contributed by atoms with E-state index in [1.54, 1.807) is 0 Å². The maximum absolute atomic E-state index is 13.1. The van der Waals surface area contributed by atoms with E-state index in [1.807, 2.05) is 0 Å². The summed E-state index contributed by atoms with van der Waals surface area (Å²) in [5, 5.41) is 10.6. The highest BCUT2D eigenvalue weighted by atomic mass is 31.2. The van der Waals surface area contributed by atoms with Crippen LogP contribution < -0.4 is 0 Å². The largest absolute Gasteiger partial charge is 0.472 e. The Labute approximate surface area is 573 Å². The summed E-state index contributed by atoms with van der Waals surface area (Å²) in [7, 11) is -9.91. The Balaban J connectivity index is 5.18. The van der Waals surface area contributed by atoms with Crippen LogP contribution in [-0.4, -0.2) is 96.7 Å². The van der Waals surface area contributed by atoms with Gasteiger partial charge in [-0.15, -0.1) is 0 Å². The number of aliphatic hydroxyl groups excluding tert-OH is 1. The van der Waals surface area contributed by atoms with E-state index in [-0.39, 0.29) is 25.7 Å². The molecular weight excluding hydrogens is 1230 g/mol. The van der Waals surface area contributed by atoms with Gasteiger partial charge in [-0.3, -0.25) is 37.3 Å². The predicted octanol–water partition coefficient (Wildman–Crippen LogP) is 21.6. The molecule has 3 N–H and O–H groups in total. The molecule has 0 aliphatic rings. The standard InChI is InChI=1S/C75H142O17P2/c1-6-10-13-16-18-20-22-24-26-28-32-36-40-44-49-54-59-73(78)86-65-71(92-75(80)61-56-51-46-42-38-34-30-29-31-35-39-43-48-52-57-68(5)9-4)67-90-94(83,84)88-63-69(76)62-87-93(81,82)89-66-70(64-85-72(77)58-53-47-15-12-8-3)91-74(79)60-55-50-45-41-37-33-27-25-23-21-19-17-14-11-7-2/h21,23,25,27,68-71,76H,6-20,22,24,26,28-67H2,1-5H3,(H,81,82)(H,83,84)/b23-21-,27-25-/t68?,69-,70+,71+/m0/s1. The van der Waals surface area contributed by atoms with Gasteiger partial charge in [-0.1, -0.05) is 316 Å². The van der Waals surface area contributed by atoms with Crippen LogP contribution in [0, 0.1) is 5.92 Å². The van der Waals surface area contributed by atoms with Crippen molar-refractivity contribution in [3.05, 3.63) is 24.3 Å². The summed E-state index contributed by atoms with van der Waals surface area (Å²) in [5.41, 5.74) is 0. The van der Waals surface area contributed by atoms with Crippen LogP contribution in [0.2, 0.25) is 0 Å². The number of allylic oxidation sites excluding steroid dienone is 4. The van der Waals surface area contributed by atoms with Gasteiger partial charge in [-0.05, 0) is 57.3 Å². The first-order valence-corrected chi connectivity index (χ1v) is 41.5. The van der Waals surface area contributed by atoms with E-state index in [0.29, 0.717) is 25.7 Å². The molecule has 0 aliphatic heterocycles. The summed E-state index contributed by atoms with van der Waals surface area (Å²) in [5.74, 6) is -1.31. The van der Waals surface area contributed by atoms with E-state index in [9.17, 15) is 43.2 Å². The van der Waals surface area contributed by atoms with Crippen LogP contribution in [0.5, 0.6) is 0 Å². The summed E-state index contributed by atoms with van der Waals surface area (Å²) >= 11 is 0.